The molecule has 5 rings (SSSR count). The van der Waals surface area contributed by atoms with Crippen molar-refractivity contribution in [3.8, 4) is 0 Å². The molecule has 3 aromatic carbocycles. The molecule has 0 amide bonds. The van der Waals surface area contributed by atoms with Gasteiger partial charge < -0.3 is 11.1 Å². The van der Waals surface area contributed by atoms with Crippen LogP contribution in [0.5, 0.6) is 0 Å². The summed E-state index contributed by atoms with van der Waals surface area (Å²) in [6, 6.07) is 33.8. The van der Waals surface area contributed by atoms with E-state index in [1.54, 1.807) is 0 Å². The van der Waals surface area contributed by atoms with E-state index in [0.29, 0.717) is 11.5 Å². The van der Waals surface area contributed by atoms with E-state index in [0.717, 1.165) is 30.6 Å². The number of rotatable bonds is 9. The fourth-order valence-electron chi connectivity index (χ4n) is 4.62. The number of nitrogens with two attached hydrogens (primary N) is 1. The van der Waals surface area contributed by atoms with Gasteiger partial charge in [0.25, 0.3) is 0 Å². The van der Waals surface area contributed by atoms with Crippen LogP contribution in [0, 0.1) is 0 Å². The lowest BCUT2D eigenvalue weighted by molar-refractivity contribution is 0.587. The molecule has 6 nitrogen and oxygen atoms in total. The Morgan fingerprint density at radius 2 is 1.29 bits per heavy atom. The predicted octanol–water partition coefficient (Wildman–Crippen LogP) is 4.88. The van der Waals surface area contributed by atoms with Crippen molar-refractivity contribution in [1.29, 1.82) is 0 Å². The lowest BCUT2D eigenvalue weighted by Gasteiger charge is -2.22. The number of hydrogen-bond donors (Lipinski definition) is 3. The first kappa shape index (κ1) is 21.8. The van der Waals surface area contributed by atoms with Crippen molar-refractivity contribution in [3.63, 3.8) is 0 Å². The van der Waals surface area contributed by atoms with Gasteiger partial charge in [-0.25, -0.2) is 4.98 Å². The van der Waals surface area contributed by atoms with Crippen LogP contribution >= 0.6 is 0 Å². The van der Waals surface area contributed by atoms with Gasteiger partial charge in [-0.2, -0.15) is 10.3 Å². The first-order chi connectivity index (χ1) is 16.8. The van der Waals surface area contributed by atoms with Crippen molar-refractivity contribution in [2.45, 2.75) is 18.3 Å². The zero-order valence-corrected chi connectivity index (χ0v) is 18.9. The van der Waals surface area contributed by atoms with Gasteiger partial charge >= 0.3 is 0 Å². The van der Waals surface area contributed by atoms with Crippen LogP contribution in [0.1, 0.15) is 40.5 Å². The monoisotopic (exact) mass is 448 g/mol. The molecular formula is C28H28N6. The Hall–Kier alpha value is -4.03. The lowest BCUT2D eigenvalue weighted by atomic mass is 9.88. The van der Waals surface area contributed by atoms with Gasteiger partial charge in [0.15, 0.2) is 0 Å². The molecule has 0 aliphatic carbocycles. The number of aromatic nitrogens is 4. The van der Waals surface area contributed by atoms with Gasteiger partial charge in [-0.1, -0.05) is 91.0 Å². The predicted molar refractivity (Wildman–Crippen MR) is 137 cm³/mol. The van der Waals surface area contributed by atoms with Crippen molar-refractivity contribution in [2.24, 2.45) is 0 Å². The molecule has 0 fully saturated rings. The molecule has 0 aliphatic rings. The fraction of sp³-hybridized carbons (Fsp3) is 0.179. The Bertz CT molecular complexity index is 1280. The highest BCUT2D eigenvalue weighted by molar-refractivity contribution is 5.77. The van der Waals surface area contributed by atoms with Gasteiger partial charge in [0.2, 0.25) is 5.65 Å². The van der Waals surface area contributed by atoms with Crippen LogP contribution in [-0.2, 0) is 0 Å². The maximum atomic E-state index is 6.11. The summed E-state index contributed by atoms with van der Waals surface area (Å²) >= 11 is 0. The maximum absolute atomic E-state index is 6.11. The summed E-state index contributed by atoms with van der Waals surface area (Å²) in [4.78, 5) is 4.32. The van der Waals surface area contributed by atoms with E-state index in [2.05, 4.69) is 111 Å². The number of pyridine rings is 1. The molecule has 170 valence electrons. The van der Waals surface area contributed by atoms with Crippen LogP contribution in [0.15, 0.2) is 97.1 Å². The number of nitrogens with zero attached hydrogens (tertiary/aromatic N) is 3. The summed E-state index contributed by atoms with van der Waals surface area (Å²) in [5.74, 6) is 0.869. The van der Waals surface area contributed by atoms with E-state index in [1.165, 1.54) is 16.7 Å². The highest BCUT2D eigenvalue weighted by Gasteiger charge is 2.21. The number of nitrogen functional groups attached to an aromatic ring is 1. The molecule has 0 bridgehead atoms. The number of anilines is 1. The second-order valence-corrected chi connectivity index (χ2v) is 8.46. The van der Waals surface area contributed by atoms with Crippen molar-refractivity contribution in [2.75, 3.05) is 18.8 Å². The number of benzene rings is 3. The summed E-state index contributed by atoms with van der Waals surface area (Å²) in [6.45, 7) is 1.70. The molecule has 0 saturated carbocycles. The normalized spacial score (nSPS) is 12.3. The summed E-state index contributed by atoms with van der Waals surface area (Å²) in [7, 11) is 0. The molecule has 5 aromatic rings. The van der Waals surface area contributed by atoms with Crippen LogP contribution in [-0.4, -0.2) is 33.5 Å². The molecule has 0 saturated heterocycles. The van der Waals surface area contributed by atoms with E-state index >= 15 is 0 Å². The number of H-pyrrole nitrogens is 1. The number of fused-ring (bicyclic) bond motifs is 1. The Morgan fingerprint density at radius 3 is 1.88 bits per heavy atom. The summed E-state index contributed by atoms with van der Waals surface area (Å²) in [6.07, 6.45) is 0.895. The van der Waals surface area contributed by atoms with Crippen LogP contribution < -0.4 is 11.1 Å². The molecular weight excluding hydrogens is 420 g/mol. The number of hydrogen-bond acceptors (Lipinski definition) is 5. The molecule has 0 spiro atoms. The second-order valence-electron chi connectivity index (χ2n) is 8.46. The molecule has 6 heteroatoms. The molecule has 0 radical (unpaired) electrons. The third-order valence-corrected chi connectivity index (χ3v) is 6.28. The maximum Gasteiger partial charge on any atom is 0.203 e. The van der Waals surface area contributed by atoms with Crippen LogP contribution in [0.3, 0.4) is 0 Å². The zero-order valence-electron chi connectivity index (χ0n) is 18.9. The van der Waals surface area contributed by atoms with Gasteiger partial charge in [-0.15, -0.1) is 5.10 Å². The molecule has 34 heavy (non-hydrogen) atoms. The highest BCUT2D eigenvalue weighted by Crippen LogP contribution is 2.32. The minimum absolute atomic E-state index is 0.124. The van der Waals surface area contributed by atoms with Crippen LogP contribution in [0.2, 0.25) is 0 Å². The molecule has 1 atom stereocenters. The minimum atomic E-state index is 0.124. The van der Waals surface area contributed by atoms with Crippen molar-refractivity contribution >= 4 is 17.0 Å². The van der Waals surface area contributed by atoms with Crippen molar-refractivity contribution in [1.82, 2.24) is 25.7 Å². The average molecular weight is 449 g/mol. The standard InChI is InChI=1S/C28H28N6/c29-26-18-24(27-28(31-26)33-34-32-27)23(20-10-4-1-5-11-20)16-17-30-19-25(21-12-6-2-7-13-21)22-14-8-3-9-15-22/h1-15,18,23,25,30H,16-17,19H2,(H3,29,31,32,33,34). The zero-order chi connectivity index (χ0) is 23.2. The second kappa shape index (κ2) is 10.3. The molecule has 0 aliphatic heterocycles. The summed E-state index contributed by atoms with van der Waals surface area (Å²) < 4.78 is 0. The smallest absolute Gasteiger partial charge is 0.203 e. The van der Waals surface area contributed by atoms with Gasteiger partial charge in [0.05, 0.1) is 0 Å². The molecule has 2 heterocycles. The van der Waals surface area contributed by atoms with E-state index in [1.807, 2.05) is 12.1 Å². The third-order valence-electron chi connectivity index (χ3n) is 6.28. The summed E-state index contributed by atoms with van der Waals surface area (Å²) in [5, 5.41) is 14.9. The first-order valence-electron chi connectivity index (χ1n) is 11.6. The van der Waals surface area contributed by atoms with Crippen molar-refractivity contribution in [3.05, 3.63) is 119 Å². The van der Waals surface area contributed by atoms with E-state index in [4.69, 9.17) is 5.73 Å². The Kier molecular flexibility index (Phi) is 6.59. The quantitative estimate of drug-likeness (QED) is 0.280. The van der Waals surface area contributed by atoms with Gasteiger partial charge in [0.1, 0.15) is 11.3 Å². The number of aromatic amines is 1. The van der Waals surface area contributed by atoms with E-state index < -0.39 is 0 Å². The Balaban J connectivity index is 1.36. The topological polar surface area (TPSA) is 92.5 Å². The molecule has 2 aromatic heterocycles. The minimum Gasteiger partial charge on any atom is -0.384 e. The first-order valence-corrected chi connectivity index (χ1v) is 11.6. The Labute approximate surface area is 199 Å². The van der Waals surface area contributed by atoms with E-state index in [-0.39, 0.29) is 11.8 Å². The van der Waals surface area contributed by atoms with Crippen LogP contribution in [0.25, 0.3) is 11.2 Å². The number of nitrogens with one attached hydrogen (secondary N) is 2. The largest absolute Gasteiger partial charge is 0.384 e. The van der Waals surface area contributed by atoms with Gasteiger partial charge in [-0.05, 0) is 41.3 Å². The lowest BCUT2D eigenvalue weighted by Crippen LogP contribution is -2.25. The third kappa shape index (κ3) is 4.82. The SMILES string of the molecule is Nc1cc(C(CCNCC(c2ccccc2)c2ccccc2)c2ccccc2)c2n[nH]nc2n1. The van der Waals surface area contributed by atoms with E-state index in [9.17, 15) is 0 Å². The highest BCUT2D eigenvalue weighted by atomic mass is 15.3. The average Bonchev–Trinajstić information content (AvgIpc) is 3.36. The molecule has 4 N–H and O–H groups in total. The fourth-order valence-corrected chi connectivity index (χ4v) is 4.62. The Morgan fingerprint density at radius 1 is 0.735 bits per heavy atom. The van der Waals surface area contributed by atoms with Crippen LogP contribution in [0.4, 0.5) is 5.82 Å². The molecule has 1 unspecified atom stereocenters. The summed E-state index contributed by atoms with van der Waals surface area (Å²) in [5.41, 5.74) is 12.3. The van der Waals surface area contributed by atoms with Crippen molar-refractivity contribution < 1.29 is 0 Å². The van der Waals surface area contributed by atoms with Gasteiger partial charge in [-0.3, -0.25) is 0 Å². The van der Waals surface area contributed by atoms with Gasteiger partial charge in [0, 0.05) is 18.4 Å².